The van der Waals surface area contributed by atoms with Gasteiger partial charge in [0.15, 0.2) is 0 Å². The molecule has 0 amide bonds. The van der Waals surface area contributed by atoms with Crippen LogP contribution in [0.2, 0.25) is 0 Å². The molecule has 1 atom stereocenters. The Morgan fingerprint density at radius 2 is 1.86 bits per heavy atom. The van der Waals surface area contributed by atoms with Crippen LogP contribution in [0.1, 0.15) is 11.3 Å². The molecule has 1 unspecified atom stereocenters. The van der Waals surface area contributed by atoms with Crippen LogP contribution in [-0.2, 0) is 17.9 Å². The number of benzene rings is 1. The molecule has 3 rings (SSSR count). The van der Waals surface area contributed by atoms with E-state index in [9.17, 15) is 5.11 Å². The predicted molar refractivity (Wildman–Crippen MR) is 106 cm³/mol. The van der Waals surface area contributed by atoms with Crippen LogP contribution in [0, 0.1) is 0 Å². The van der Waals surface area contributed by atoms with Crippen molar-refractivity contribution < 1.29 is 23.7 Å². The Hall–Kier alpha value is -2.06. The first-order valence-corrected chi connectivity index (χ1v) is 9.61. The lowest BCUT2D eigenvalue weighted by Crippen LogP contribution is -2.48. The standard InChI is InChI=1S/C21H30N2O5/c1-25-19-5-6-21(26-2)17(12-19)13-22-7-9-23(10-8-22)14-18(24)15-27-16-20-4-3-11-28-20/h3-6,11-12,18,24H,7-10,13-16H2,1-2H3. The zero-order valence-corrected chi connectivity index (χ0v) is 16.7. The molecule has 0 spiro atoms. The van der Waals surface area contributed by atoms with Gasteiger partial charge in [-0.05, 0) is 30.3 Å². The lowest BCUT2D eigenvalue weighted by molar-refractivity contribution is -0.00311. The van der Waals surface area contributed by atoms with Crippen LogP contribution in [0.15, 0.2) is 41.0 Å². The third kappa shape index (κ3) is 5.97. The fourth-order valence-corrected chi connectivity index (χ4v) is 3.42. The van der Waals surface area contributed by atoms with Crippen molar-refractivity contribution in [2.75, 3.05) is 53.6 Å². The molecule has 1 saturated heterocycles. The lowest BCUT2D eigenvalue weighted by Gasteiger charge is -2.35. The number of ether oxygens (including phenoxy) is 3. The number of hydrogen-bond acceptors (Lipinski definition) is 7. The molecule has 2 heterocycles. The van der Waals surface area contributed by atoms with Gasteiger partial charge in [-0.3, -0.25) is 9.80 Å². The monoisotopic (exact) mass is 390 g/mol. The number of rotatable bonds is 10. The Balaban J connectivity index is 1.39. The van der Waals surface area contributed by atoms with E-state index in [4.69, 9.17) is 18.6 Å². The van der Waals surface area contributed by atoms with Crippen LogP contribution in [0.3, 0.4) is 0 Å². The van der Waals surface area contributed by atoms with E-state index in [1.807, 2.05) is 30.3 Å². The number of aliphatic hydroxyl groups is 1. The second-order valence-corrected chi connectivity index (χ2v) is 7.00. The van der Waals surface area contributed by atoms with E-state index in [0.717, 1.165) is 55.5 Å². The van der Waals surface area contributed by atoms with Gasteiger partial charge in [-0.15, -0.1) is 0 Å². The highest BCUT2D eigenvalue weighted by molar-refractivity contribution is 5.40. The van der Waals surface area contributed by atoms with E-state index < -0.39 is 6.10 Å². The van der Waals surface area contributed by atoms with Gasteiger partial charge < -0.3 is 23.7 Å². The highest BCUT2D eigenvalue weighted by Crippen LogP contribution is 2.25. The third-order valence-electron chi connectivity index (χ3n) is 4.95. The van der Waals surface area contributed by atoms with E-state index in [1.54, 1.807) is 20.5 Å². The number of β-amino-alcohol motifs (C(OH)–C–C–N with tert-alkyl or cyclic N) is 1. The van der Waals surface area contributed by atoms with Gasteiger partial charge in [0, 0.05) is 44.8 Å². The maximum Gasteiger partial charge on any atom is 0.129 e. The Kier molecular flexibility index (Phi) is 7.73. The summed E-state index contributed by atoms with van der Waals surface area (Å²) in [6.45, 7) is 5.86. The number of hydrogen-bond donors (Lipinski definition) is 1. The molecule has 1 aromatic heterocycles. The summed E-state index contributed by atoms with van der Waals surface area (Å²) in [6, 6.07) is 9.59. The highest BCUT2D eigenvalue weighted by Gasteiger charge is 2.20. The molecule has 1 fully saturated rings. The van der Waals surface area contributed by atoms with Gasteiger partial charge in [0.2, 0.25) is 0 Å². The first kappa shape index (κ1) is 20.7. The fourth-order valence-electron chi connectivity index (χ4n) is 3.42. The normalized spacial score (nSPS) is 16.8. The van der Waals surface area contributed by atoms with Gasteiger partial charge in [0.25, 0.3) is 0 Å². The summed E-state index contributed by atoms with van der Waals surface area (Å²) in [5.74, 6) is 2.49. The van der Waals surface area contributed by atoms with Crippen LogP contribution in [0.5, 0.6) is 11.5 Å². The molecule has 0 bridgehead atoms. The quantitative estimate of drug-likeness (QED) is 0.665. The molecule has 28 heavy (non-hydrogen) atoms. The Bertz CT molecular complexity index is 699. The number of furan rings is 1. The minimum atomic E-state index is -0.500. The van der Waals surface area contributed by atoms with Crippen LogP contribution >= 0.6 is 0 Å². The molecule has 154 valence electrons. The van der Waals surface area contributed by atoms with Crippen molar-refractivity contribution in [3.05, 3.63) is 47.9 Å². The lowest BCUT2D eigenvalue weighted by atomic mass is 10.1. The molecule has 1 aliphatic rings. The second kappa shape index (κ2) is 10.5. The molecule has 0 radical (unpaired) electrons. The van der Waals surface area contributed by atoms with E-state index in [2.05, 4.69) is 9.80 Å². The number of nitrogens with zero attached hydrogens (tertiary/aromatic N) is 2. The van der Waals surface area contributed by atoms with Gasteiger partial charge in [0.05, 0.1) is 33.2 Å². The number of methoxy groups -OCH3 is 2. The summed E-state index contributed by atoms with van der Waals surface area (Å²) in [6.07, 6.45) is 1.12. The number of piperazine rings is 1. The zero-order chi connectivity index (χ0) is 19.8. The molecule has 7 heteroatoms. The molecule has 1 aliphatic heterocycles. The first-order valence-electron chi connectivity index (χ1n) is 9.61. The molecule has 0 aliphatic carbocycles. The molecular weight excluding hydrogens is 360 g/mol. The minimum absolute atomic E-state index is 0.307. The van der Waals surface area contributed by atoms with Crippen molar-refractivity contribution in [3.63, 3.8) is 0 Å². The van der Waals surface area contributed by atoms with Gasteiger partial charge >= 0.3 is 0 Å². The number of aliphatic hydroxyl groups excluding tert-OH is 1. The average Bonchev–Trinajstić information content (AvgIpc) is 3.23. The van der Waals surface area contributed by atoms with E-state index in [1.165, 1.54) is 0 Å². The summed E-state index contributed by atoms with van der Waals surface area (Å²) < 4.78 is 21.6. The predicted octanol–water partition coefficient (Wildman–Crippen LogP) is 1.99. The van der Waals surface area contributed by atoms with E-state index in [-0.39, 0.29) is 0 Å². The molecule has 7 nitrogen and oxygen atoms in total. The topological polar surface area (TPSA) is 67.5 Å². The molecule has 0 saturated carbocycles. The largest absolute Gasteiger partial charge is 0.497 e. The van der Waals surface area contributed by atoms with Gasteiger partial charge in [-0.2, -0.15) is 0 Å². The summed E-state index contributed by atoms with van der Waals surface area (Å²) >= 11 is 0. The third-order valence-corrected chi connectivity index (χ3v) is 4.95. The molecule has 1 N–H and O–H groups in total. The minimum Gasteiger partial charge on any atom is -0.497 e. The maximum absolute atomic E-state index is 10.2. The fraction of sp³-hybridized carbons (Fsp3) is 0.524. The highest BCUT2D eigenvalue weighted by atomic mass is 16.5. The smallest absolute Gasteiger partial charge is 0.129 e. The summed E-state index contributed by atoms with van der Waals surface area (Å²) in [7, 11) is 3.37. The van der Waals surface area contributed by atoms with Crippen molar-refractivity contribution in [3.8, 4) is 11.5 Å². The van der Waals surface area contributed by atoms with Gasteiger partial charge in [0.1, 0.15) is 23.9 Å². The van der Waals surface area contributed by atoms with Crippen LogP contribution in [0.4, 0.5) is 0 Å². The Labute approximate surface area is 166 Å². The van der Waals surface area contributed by atoms with E-state index in [0.29, 0.717) is 19.8 Å². The van der Waals surface area contributed by atoms with Crippen LogP contribution in [0.25, 0.3) is 0 Å². The van der Waals surface area contributed by atoms with E-state index >= 15 is 0 Å². The van der Waals surface area contributed by atoms with Crippen molar-refractivity contribution >= 4 is 0 Å². The summed E-state index contributed by atoms with van der Waals surface area (Å²) in [5.41, 5.74) is 1.13. The Morgan fingerprint density at radius 1 is 1.07 bits per heavy atom. The van der Waals surface area contributed by atoms with Crippen LogP contribution < -0.4 is 9.47 Å². The first-order chi connectivity index (χ1) is 13.7. The van der Waals surface area contributed by atoms with Crippen molar-refractivity contribution in [2.45, 2.75) is 19.3 Å². The van der Waals surface area contributed by atoms with Crippen molar-refractivity contribution in [1.29, 1.82) is 0 Å². The van der Waals surface area contributed by atoms with Gasteiger partial charge in [-0.1, -0.05) is 0 Å². The average molecular weight is 390 g/mol. The van der Waals surface area contributed by atoms with Crippen molar-refractivity contribution in [2.24, 2.45) is 0 Å². The van der Waals surface area contributed by atoms with Gasteiger partial charge in [-0.25, -0.2) is 0 Å². The molecular formula is C21H30N2O5. The van der Waals surface area contributed by atoms with Crippen LogP contribution in [-0.4, -0.2) is 74.6 Å². The second-order valence-electron chi connectivity index (χ2n) is 7.00. The summed E-state index contributed by atoms with van der Waals surface area (Å²) in [5, 5.41) is 10.2. The summed E-state index contributed by atoms with van der Waals surface area (Å²) in [4.78, 5) is 4.67. The molecule has 2 aromatic rings. The maximum atomic E-state index is 10.2. The van der Waals surface area contributed by atoms with Crippen molar-refractivity contribution in [1.82, 2.24) is 9.80 Å². The SMILES string of the molecule is COc1ccc(OC)c(CN2CCN(CC(O)COCc3ccco3)CC2)c1. The molecule has 1 aromatic carbocycles. The zero-order valence-electron chi connectivity index (χ0n) is 16.7. The Morgan fingerprint density at radius 3 is 2.54 bits per heavy atom.